The first-order valence-electron chi connectivity index (χ1n) is 10.4. The minimum atomic E-state index is 0.449. The number of hydrogen-bond donors (Lipinski definition) is 1. The van der Waals surface area contributed by atoms with E-state index < -0.39 is 0 Å². The summed E-state index contributed by atoms with van der Waals surface area (Å²) in [5.41, 5.74) is 2.59. The van der Waals surface area contributed by atoms with Crippen LogP contribution in [0.2, 0.25) is 0 Å². The maximum atomic E-state index is 6.16. The number of benzene rings is 2. The lowest BCUT2D eigenvalue weighted by molar-refractivity contribution is 0.299. The average Bonchev–Trinajstić information content (AvgIpc) is 3.45. The van der Waals surface area contributed by atoms with Gasteiger partial charge in [-0.1, -0.05) is 42.5 Å². The molecule has 6 rings (SSSR count). The maximum Gasteiger partial charge on any atom is 0.159 e. The lowest BCUT2D eigenvalue weighted by Crippen LogP contribution is -2.33. The molecule has 2 aliphatic carbocycles. The van der Waals surface area contributed by atoms with Crippen LogP contribution in [-0.4, -0.2) is 10.2 Å². The van der Waals surface area contributed by atoms with Gasteiger partial charge in [0.25, 0.3) is 0 Å². The number of aromatic nitrogens is 1. The van der Waals surface area contributed by atoms with E-state index in [0.29, 0.717) is 12.5 Å². The molecule has 148 valence electrons. The van der Waals surface area contributed by atoms with Gasteiger partial charge in [-0.3, -0.25) is 0 Å². The zero-order valence-electron chi connectivity index (χ0n) is 16.0. The highest BCUT2D eigenvalue weighted by Gasteiger charge is 2.54. The Bertz CT molecular complexity index is 1090. The highest BCUT2D eigenvalue weighted by Crippen LogP contribution is 2.64. The van der Waals surface area contributed by atoms with Crippen LogP contribution in [0.25, 0.3) is 0 Å². The van der Waals surface area contributed by atoms with Gasteiger partial charge < -0.3 is 9.72 Å². The minimum absolute atomic E-state index is 0.449. The van der Waals surface area contributed by atoms with E-state index in [1.165, 1.54) is 40.3 Å². The van der Waals surface area contributed by atoms with Crippen LogP contribution in [0.15, 0.2) is 59.6 Å². The first kappa shape index (κ1) is 18.2. The number of aromatic amines is 1. The van der Waals surface area contributed by atoms with Crippen LogP contribution in [-0.2, 0) is 6.61 Å². The third-order valence-corrected chi connectivity index (χ3v) is 9.91. The van der Waals surface area contributed by atoms with E-state index in [1.807, 2.05) is 6.07 Å². The molecule has 3 aliphatic rings. The number of rotatable bonds is 4. The van der Waals surface area contributed by atoms with Crippen molar-refractivity contribution in [1.82, 2.24) is 4.98 Å². The smallest absolute Gasteiger partial charge is 0.159 e. The third-order valence-electron chi connectivity index (χ3n) is 6.93. The van der Waals surface area contributed by atoms with Gasteiger partial charge in [-0.2, -0.15) is 0 Å². The molecule has 2 fully saturated rings. The molecule has 1 aromatic heterocycles. The van der Waals surface area contributed by atoms with Crippen molar-refractivity contribution in [1.29, 1.82) is 0 Å². The number of thioether (sulfide) groups is 1. The molecule has 3 aromatic rings. The van der Waals surface area contributed by atoms with E-state index in [2.05, 4.69) is 65.3 Å². The van der Waals surface area contributed by atoms with Crippen molar-refractivity contribution >= 4 is 35.3 Å². The van der Waals surface area contributed by atoms with Crippen LogP contribution in [0, 0.1) is 21.7 Å². The van der Waals surface area contributed by atoms with Gasteiger partial charge in [0, 0.05) is 16.0 Å². The Kier molecular flexibility index (Phi) is 4.58. The van der Waals surface area contributed by atoms with E-state index in [1.54, 1.807) is 11.3 Å². The molecule has 5 heteroatoms. The fraction of sp³-hybridized carbons (Fsp3) is 0.375. The van der Waals surface area contributed by atoms with Crippen LogP contribution in [0.5, 0.6) is 5.75 Å². The molecule has 0 radical (unpaired) electrons. The molecule has 1 N–H and O–H groups in total. The molecule has 2 aromatic carbocycles. The highest BCUT2D eigenvalue weighted by atomic mass is 32.2. The number of thiazole rings is 1. The van der Waals surface area contributed by atoms with Crippen LogP contribution >= 0.6 is 35.3 Å². The van der Waals surface area contributed by atoms with Gasteiger partial charge in [-0.15, -0.1) is 23.1 Å². The number of ether oxygens (including phenoxy) is 1. The largest absolute Gasteiger partial charge is 0.489 e. The Labute approximate surface area is 184 Å². The van der Waals surface area contributed by atoms with Gasteiger partial charge in [-0.25, -0.2) is 0 Å². The fourth-order valence-electron chi connectivity index (χ4n) is 5.76. The summed E-state index contributed by atoms with van der Waals surface area (Å²) in [4.78, 5) is 4.95. The molecule has 0 amide bonds. The number of nitrogens with one attached hydrogen (secondary N) is 1. The maximum absolute atomic E-state index is 6.16. The molecule has 29 heavy (non-hydrogen) atoms. The molecule has 2 bridgehead atoms. The third kappa shape index (κ3) is 3.18. The summed E-state index contributed by atoms with van der Waals surface area (Å²) in [6.45, 7) is 0.607. The zero-order chi connectivity index (χ0) is 19.4. The van der Waals surface area contributed by atoms with Crippen molar-refractivity contribution in [2.45, 2.75) is 42.1 Å². The molecular weight excluding hydrogens is 414 g/mol. The molecule has 1 aliphatic heterocycles. The monoisotopic (exact) mass is 437 g/mol. The minimum Gasteiger partial charge on any atom is -0.489 e. The topological polar surface area (TPSA) is 25.0 Å². The Morgan fingerprint density at radius 1 is 1.03 bits per heavy atom. The first-order chi connectivity index (χ1) is 14.3. The molecule has 2 heterocycles. The second-order valence-electron chi connectivity index (χ2n) is 8.53. The van der Waals surface area contributed by atoms with Crippen LogP contribution in [0.4, 0.5) is 0 Å². The Morgan fingerprint density at radius 2 is 1.90 bits per heavy atom. The van der Waals surface area contributed by atoms with Gasteiger partial charge in [0.1, 0.15) is 12.4 Å². The quantitative estimate of drug-likeness (QED) is 0.443. The van der Waals surface area contributed by atoms with Crippen molar-refractivity contribution < 1.29 is 4.74 Å². The molecule has 2 nitrogen and oxygen atoms in total. The van der Waals surface area contributed by atoms with Crippen molar-refractivity contribution in [3.63, 3.8) is 0 Å². The van der Waals surface area contributed by atoms with E-state index in [0.717, 1.165) is 32.7 Å². The first-order valence-corrected chi connectivity index (χ1v) is 12.5. The summed E-state index contributed by atoms with van der Waals surface area (Å²) in [6, 6.07) is 19.2. The highest BCUT2D eigenvalue weighted by molar-refractivity contribution is 8.00. The summed E-state index contributed by atoms with van der Waals surface area (Å²) in [6.07, 6.45) is 4.23. The van der Waals surface area contributed by atoms with Crippen LogP contribution in [0.3, 0.4) is 0 Å². The SMILES string of the molecule is S=c1[nH]c2c(s1)C(c1cccc(OCc3ccccc3)c1)C1C3CCC(C3)C1S2. The van der Waals surface area contributed by atoms with Crippen molar-refractivity contribution in [2.24, 2.45) is 17.8 Å². The molecule has 0 spiro atoms. The van der Waals surface area contributed by atoms with E-state index in [4.69, 9.17) is 17.0 Å². The van der Waals surface area contributed by atoms with E-state index in [-0.39, 0.29) is 0 Å². The van der Waals surface area contributed by atoms with Gasteiger partial charge in [-0.05, 0) is 72.5 Å². The lowest BCUT2D eigenvalue weighted by Gasteiger charge is -2.40. The van der Waals surface area contributed by atoms with Gasteiger partial charge in [0.2, 0.25) is 0 Å². The molecule has 0 saturated heterocycles. The predicted molar refractivity (Wildman–Crippen MR) is 123 cm³/mol. The van der Waals surface area contributed by atoms with Crippen LogP contribution < -0.4 is 4.74 Å². The van der Waals surface area contributed by atoms with E-state index in [9.17, 15) is 0 Å². The number of fused-ring (bicyclic) bond motifs is 6. The zero-order valence-corrected chi connectivity index (χ0v) is 18.5. The Hall–Kier alpha value is -1.56. The van der Waals surface area contributed by atoms with E-state index >= 15 is 0 Å². The van der Waals surface area contributed by atoms with Crippen molar-refractivity contribution in [2.75, 3.05) is 0 Å². The lowest BCUT2D eigenvalue weighted by atomic mass is 9.75. The van der Waals surface area contributed by atoms with Crippen molar-refractivity contribution in [3.05, 3.63) is 74.6 Å². The Balaban J connectivity index is 1.35. The molecular formula is C24H23NOS3. The average molecular weight is 438 g/mol. The molecule has 5 unspecified atom stereocenters. The summed E-state index contributed by atoms with van der Waals surface area (Å²) in [5.74, 6) is 3.89. The van der Waals surface area contributed by atoms with Gasteiger partial charge in [0.15, 0.2) is 3.95 Å². The summed E-state index contributed by atoms with van der Waals surface area (Å²) in [5, 5.41) is 2.06. The number of H-pyrrole nitrogens is 1. The Morgan fingerprint density at radius 3 is 2.79 bits per heavy atom. The van der Waals surface area contributed by atoms with Crippen LogP contribution in [0.1, 0.15) is 41.2 Å². The second-order valence-corrected chi connectivity index (χ2v) is 11.4. The van der Waals surface area contributed by atoms with Gasteiger partial charge >= 0.3 is 0 Å². The van der Waals surface area contributed by atoms with Crippen molar-refractivity contribution in [3.8, 4) is 5.75 Å². The fourth-order valence-corrected chi connectivity index (χ4v) is 9.10. The molecule has 5 atom stereocenters. The second kappa shape index (κ2) is 7.29. The normalized spacial score (nSPS) is 29.4. The standard InChI is InChI=1S/C24H23NOS3/c27-24-25-23-22(29-24)20(19-16-9-10-17(11-16)21(19)28-23)15-7-4-8-18(12-15)26-13-14-5-2-1-3-6-14/h1-8,12,16-17,19-21H,9-11,13H2,(H,25,27). The number of hydrogen-bond acceptors (Lipinski definition) is 4. The summed E-state index contributed by atoms with van der Waals surface area (Å²) >= 11 is 9.40. The van der Waals surface area contributed by atoms with Gasteiger partial charge in [0.05, 0.1) is 5.03 Å². The molecule has 2 saturated carbocycles. The summed E-state index contributed by atoms with van der Waals surface area (Å²) in [7, 11) is 0. The summed E-state index contributed by atoms with van der Waals surface area (Å²) < 4.78 is 7.07. The predicted octanol–water partition coefficient (Wildman–Crippen LogP) is 7.04.